The summed E-state index contributed by atoms with van der Waals surface area (Å²) in [5.74, 6) is 0.492. The summed E-state index contributed by atoms with van der Waals surface area (Å²) in [4.78, 5) is 4.79. The van der Waals surface area contributed by atoms with Gasteiger partial charge >= 0.3 is 0 Å². The molecule has 1 aromatic carbocycles. The molecule has 0 amide bonds. The quantitative estimate of drug-likeness (QED) is 0.652. The minimum atomic E-state index is -0.456. The van der Waals surface area contributed by atoms with Crippen LogP contribution in [-0.2, 0) is 16.0 Å². The Labute approximate surface area is 158 Å². The number of ether oxygens (including phenoxy) is 2. The first kappa shape index (κ1) is 21.3. The summed E-state index contributed by atoms with van der Waals surface area (Å²) in [5.41, 5.74) is 2.62. The SMILES string of the molecule is Cc1ccccc1CN(CCN1CCOCC1)CC(O)COCC(C)C. The molecule has 0 aliphatic carbocycles. The van der Waals surface area contributed by atoms with E-state index in [1.165, 1.54) is 11.1 Å². The second-order valence-corrected chi connectivity index (χ2v) is 7.70. The fraction of sp³-hybridized carbons (Fsp3) is 0.714. The molecule has 1 unspecified atom stereocenters. The van der Waals surface area contributed by atoms with Crippen LogP contribution in [0.1, 0.15) is 25.0 Å². The summed E-state index contributed by atoms with van der Waals surface area (Å²) in [6, 6.07) is 8.49. The number of benzene rings is 1. The van der Waals surface area contributed by atoms with E-state index < -0.39 is 6.10 Å². The summed E-state index contributed by atoms with van der Waals surface area (Å²) < 4.78 is 11.1. The summed E-state index contributed by atoms with van der Waals surface area (Å²) >= 11 is 0. The molecule has 0 aromatic heterocycles. The Bertz CT molecular complexity index is 504. The molecule has 1 saturated heterocycles. The standard InChI is InChI=1S/C21H36N2O3/c1-18(2)16-26-17-21(24)15-23(9-8-22-10-12-25-13-11-22)14-20-7-5-4-6-19(20)3/h4-7,18,21,24H,8-17H2,1-3H3. The monoisotopic (exact) mass is 364 g/mol. The van der Waals surface area contributed by atoms with Crippen LogP contribution >= 0.6 is 0 Å². The van der Waals surface area contributed by atoms with Crippen LogP contribution in [0.5, 0.6) is 0 Å². The van der Waals surface area contributed by atoms with E-state index in [4.69, 9.17) is 9.47 Å². The zero-order valence-corrected chi connectivity index (χ0v) is 16.7. The van der Waals surface area contributed by atoms with Crippen LogP contribution < -0.4 is 0 Å². The highest BCUT2D eigenvalue weighted by molar-refractivity contribution is 5.25. The predicted octanol–water partition coefficient (Wildman–Crippen LogP) is 2.16. The molecule has 1 aromatic rings. The Hall–Kier alpha value is -0.980. The number of nitrogens with zero attached hydrogens (tertiary/aromatic N) is 2. The maximum Gasteiger partial charge on any atom is 0.0900 e. The van der Waals surface area contributed by atoms with Crippen LogP contribution in [-0.4, -0.2) is 80.2 Å². The first-order chi connectivity index (χ1) is 12.5. The van der Waals surface area contributed by atoms with Crippen molar-refractivity contribution in [2.24, 2.45) is 5.92 Å². The highest BCUT2D eigenvalue weighted by atomic mass is 16.5. The third-order valence-corrected chi connectivity index (χ3v) is 4.72. The zero-order valence-electron chi connectivity index (χ0n) is 16.7. The minimum absolute atomic E-state index is 0.403. The predicted molar refractivity (Wildman–Crippen MR) is 105 cm³/mol. The van der Waals surface area contributed by atoms with Gasteiger partial charge in [0.05, 0.1) is 25.9 Å². The molecule has 0 spiro atoms. The maximum absolute atomic E-state index is 10.4. The smallest absolute Gasteiger partial charge is 0.0900 e. The highest BCUT2D eigenvalue weighted by Crippen LogP contribution is 2.11. The number of aryl methyl sites for hydroxylation is 1. The molecule has 1 heterocycles. The Morgan fingerprint density at radius 1 is 1.19 bits per heavy atom. The van der Waals surface area contributed by atoms with Crippen molar-refractivity contribution in [3.05, 3.63) is 35.4 Å². The van der Waals surface area contributed by atoms with Gasteiger partial charge in [0.2, 0.25) is 0 Å². The third-order valence-electron chi connectivity index (χ3n) is 4.72. The highest BCUT2D eigenvalue weighted by Gasteiger charge is 2.16. The summed E-state index contributed by atoms with van der Waals surface area (Å²) in [6.45, 7) is 14.6. The average molecular weight is 365 g/mol. The van der Waals surface area contributed by atoms with E-state index in [1.807, 2.05) is 0 Å². The lowest BCUT2D eigenvalue weighted by molar-refractivity contribution is 0.000929. The van der Waals surface area contributed by atoms with Crippen molar-refractivity contribution < 1.29 is 14.6 Å². The largest absolute Gasteiger partial charge is 0.389 e. The van der Waals surface area contributed by atoms with Gasteiger partial charge in [-0.15, -0.1) is 0 Å². The lowest BCUT2D eigenvalue weighted by Crippen LogP contribution is -2.43. The fourth-order valence-corrected chi connectivity index (χ4v) is 3.16. The van der Waals surface area contributed by atoms with Crippen LogP contribution in [0.2, 0.25) is 0 Å². The molecule has 26 heavy (non-hydrogen) atoms. The van der Waals surface area contributed by atoms with Gasteiger partial charge in [0.1, 0.15) is 0 Å². The van der Waals surface area contributed by atoms with Gasteiger partial charge in [-0.3, -0.25) is 9.80 Å². The number of hydrogen-bond donors (Lipinski definition) is 1. The molecule has 5 heteroatoms. The minimum Gasteiger partial charge on any atom is -0.389 e. The van der Waals surface area contributed by atoms with Gasteiger partial charge in [-0.2, -0.15) is 0 Å². The van der Waals surface area contributed by atoms with Crippen molar-refractivity contribution in [2.45, 2.75) is 33.4 Å². The van der Waals surface area contributed by atoms with Gasteiger partial charge in [0.15, 0.2) is 0 Å². The van der Waals surface area contributed by atoms with E-state index in [2.05, 4.69) is 54.8 Å². The van der Waals surface area contributed by atoms with Gasteiger partial charge in [-0.25, -0.2) is 0 Å². The molecule has 1 N–H and O–H groups in total. The molecule has 1 fully saturated rings. The fourth-order valence-electron chi connectivity index (χ4n) is 3.16. The second kappa shape index (κ2) is 11.7. The first-order valence-corrected chi connectivity index (χ1v) is 9.87. The van der Waals surface area contributed by atoms with Crippen molar-refractivity contribution >= 4 is 0 Å². The lowest BCUT2D eigenvalue weighted by atomic mass is 10.1. The van der Waals surface area contributed by atoms with E-state index >= 15 is 0 Å². The molecule has 0 radical (unpaired) electrons. The van der Waals surface area contributed by atoms with Crippen molar-refractivity contribution in [3.63, 3.8) is 0 Å². The zero-order chi connectivity index (χ0) is 18.8. The molecule has 2 rings (SSSR count). The first-order valence-electron chi connectivity index (χ1n) is 9.87. The van der Waals surface area contributed by atoms with Crippen LogP contribution in [0.4, 0.5) is 0 Å². The maximum atomic E-state index is 10.4. The summed E-state index contributed by atoms with van der Waals surface area (Å²) in [7, 11) is 0. The number of aliphatic hydroxyl groups is 1. The molecule has 1 aliphatic rings. The van der Waals surface area contributed by atoms with E-state index in [0.29, 0.717) is 25.7 Å². The molecular formula is C21H36N2O3. The number of rotatable bonds is 11. The number of aliphatic hydroxyl groups excluding tert-OH is 1. The van der Waals surface area contributed by atoms with Crippen LogP contribution in [0.3, 0.4) is 0 Å². The van der Waals surface area contributed by atoms with Gasteiger partial charge in [-0.05, 0) is 24.0 Å². The van der Waals surface area contributed by atoms with E-state index in [1.54, 1.807) is 0 Å². The second-order valence-electron chi connectivity index (χ2n) is 7.70. The van der Waals surface area contributed by atoms with Crippen LogP contribution in [0.25, 0.3) is 0 Å². The normalized spacial score (nSPS) is 17.2. The van der Waals surface area contributed by atoms with E-state index in [-0.39, 0.29) is 0 Å². The van der Waals surface area contributed by atoms with Gasteiger partial charge < -0.3 is 14.6 Å². The Morgan fingerprint density at radius 3 is 2.62 bits per heavy atom. The molecule has 1 atom stereocenters. The van der Waals surface area contributed by atoms with E-state index in [9.17, 15) is 5.11 Å². The Morgan fingerprint density at radius 2 is 1.92 bits per heavy atom. The molecule has 0 bridgehead atoms. The van der Waals surface area contributed by atoms with Gasteiger partial charge in [0, 0.05) is 45.9 Å². The van der Waals surface area contributed by atoms with Gasteiger partial charge in [0.25, 0.3) is 0 Å². The molecule has 0 saturated carbocycles. The third kappa shape index (κ3) is 8.14. The van der Waals surface area contributed by atoms with Crippen molar-refractivity contribution in [1.29, 1.82) is 0 Å². The van der Waals surface area contributed by atoms with Gasteiger partial charge in [-0.1, -0.05) is 38.1 Å². The summed E-state index contributed by atoms with van der Waals surface area (Å²) in [6.07, 6.45) is -0.456. The number of hydrogen-bond acceptors (Lipinski definition) is 5. The van der Waals surface area contributed by atoms with Crippen LogP contribution in [0, 0.1) is 12.8 Å². The number of morpholine rings is 1. The molecule has 1 aliphatic heterocycles. The molecule has 5 nitrogen and oxygen atoms in total. The van der Waals surface area contributed by atoms with Crippen molar-refractivity contribution in [1.82, 2.24) is 9.80 Å². The lowest BCUT2D eigenvalue weighted by Gasteiger charge is -2.31. The average Bonchev–Trinajstić information content (AvgIpc) is 2.62. The van der Waals surface area contributed by atoms with Crippen LogP contribution in [0.15, 0.2) is 24.3 Å². The Balaban J connectivity index is 1.88. The van der Waals surface area contributed by atoms with Crippen molar-refractivity contribution in [3.8, 4) is 0 Å². The van der Waals surface area contributed by atoms with E-state index in [0.717, 1.165) is 45.9 Å². The molecular weight excluding hydrogens is 328 g/mol. The van der Waals surface area contributed by atoms with Crippen molar-refractivity contribution in [2.75, 3.05) is 59.2 Å². The topological polar surface area (TPSA) is 45.2 Å². The summed E-state index contributed by atoms with van der Waals surface area (Å²) in [5, 5.41) is 10.4. The molecule has 148 valence electrons. The Kier molecular flexibility index (Phi) is 9.57.